The number of hydroxylamine groups is 3. The van der Waals surface area contributed by atoms with Gasteiger partial charge in [-0.2, -0.15) is 10.2 Å². The van der Waals surface area contributed by atoms with Crippen molar-refractivity contribution in [3.8, 4) is 0 Å². The van der Waals surface area contributed by atoms with Crippen LogP contribution in [-0.2, 0) is 23.9 Å². The maximum atomic E-state index is 9.00. The van der Waals surface area contributed by atoms with Crippen LogP contribution in [0.2, 0.25) is 0 Å². The molecule has 5 aliphatic rings. The van der Waals surface area contributed by atoms with Gasteiger partial charge in [-0.1, -0.05) is 13.8 Å². The number of H-pyrrole nitrogens is 1. The van der Waals surface area contributed by atoms with E-state index >= 15 is 0 Å². The minimum absolute atomic E-state index is 0.00694. The van der Waals surface area contributed by atoms with E-state index < -0.39 is 6.10 Å². The lowest BCUT2D eigenvalue weighted by Crippen LogP contribution is -2.32. The molecule has 6 rings (SSSR count). The number of aliphatic hydroxyl groups is 5. The number of likely N-dealkylation sites (N-methyl/N-ethyl adjacent to an activating group) is 4. The molecule has 1 aromatic heterocycles. The van der Waals surface area contributed by atoms with Crippen molar-refractivity contribution < 1.29 is 49.4 Å². The Hall–Kier alpha value is -1.87. The van der Waals surface area contributed by atoms with E-state index in [2.05, 4.69) is 119 Å². The highest BCUT2D eigenvalue weighted by molar-refractivity contribution is 5.35. The minimum Gasteiger partial charge on any atom is -0.395 e. The van der Waals surface area contributed by atoms with Gasteiger partial charge in [-0.15, -0.1) is 0 Å². The average Bonchev–Trinajstić information content (AvgIpc) is 3.93. The molecule has 0 aromatic carbocycles. The summed E-state index contributed by atoms with van der Waals surface area (Å²) in [7, 11) is 35.9. The molecule has 1 atom stereocenters. The normalized spacial score (nSPS) is 16.3. The van der Waals surface area contributed by atoms with Gasteiger partial charge < -0.3 is 106 Å². The quantitative estimate of drug-likeness (QED) is 0.0762. The zero-order valence-electron chi connectivity index (χ0n) is 55.3. The van der Waals surface area contributed by atoms with Crippen molar-refractivity contribution in [3.05, 3.63) is 12.4 Å². The molecule has 0 spiro atoms. The van der Waals surface area contributed by atoms with Crippen molar-refractivity contribution in [2.24, 2.45) is 0 Å². The summed E-state index contributed by atoms with van der Waals surface area (Å²) >= 11 is 0. The number of likely N-dealkylation sites (tertiary alicyclic amines) is 2. The summed E-state index contributed by atoms with van der Waals surface area (Å²) in [5.41, 5.74) is 3.44. The molecule has 1 saturated carbocycles. The summed E-state index contributed by atoms with van der Waals surface area (Å²) < 4.78 is 15.0. The number of aromatic nitrogens is 2. The van der Waals surface area contributed by atoms with E-state index in [0.29, 0.717) is 12.6 Å². The number of anilines is 1. The summed E-state index contributed by atoms with van der Waals surface area (Å²) in [6, 6.07) is 1.44. The molecule has 490 valence electrons. The van der Waals surface area contributed by atoms with E-state index in [1.165, 1.54) is 51.6 Å². The summed E-state index contributed by atoms with van der Waals surface area (Å²) in [6.07, 6.45) is 12.8. The maximum absolute atomic E-state index is 9.00. The fourth-order valence-electron chi connectivity index (χ4n) is 5.24. The fourth-order valence-corrected chi connectivity index (χ4v) is 5.24. The molecular weight excluding hydrogens is 1030 g/mol. The molecule has 0 radical (unpaired) electrons. The smallest absolute Gasteiger partial charge is 0.0894 e. The van der Waals surface area contributed by atoms with Crippen LogP contribution in [0.1, 0.15) is 65.2 Å². The van der Waals surface area contributed by atoms with E-state index in [0.717, 1.165) is 103 Å². The summed E-state index contributed by atoms with van der Waals surface area (Å²) in [5.74, 6) is 0. The Bertz CT molecular complexity index is 1120. The first-order valence-corrected chi connectivity index (χ1v) is 28.7. The molecule has 1 aromatic rings. The highest BCUT2D eigenvalue weighted by Crippen LogP contribution is 2.17. The second-order valence-electron chi connectivity index (χ2n) is 19.5. The lowest BCUT2D eigenvalue weighted by molar-refractivity contribution is -0.0855. The number of ether oxygens (including phenoxy) is 3. The van der Waals surface area contributed by atoms with Crippen molar-refractivity contribution in [2.45, 2.75) is 95.5 Å². The zero-order valence-corrected chi connectivity index (χ0v) is 55.3. The van der Waals surface area contributed by atoms with E-state index in [4.69, 9.17) is 39.7 Å². The lowest BCUT2D eigenvalue weighted by Gasteiger charge is -2.25. The molecule has 5 fully saturated rings. The van der Waals surface area contributed by atoms with Crippen molar-refractivity contribution >= 4 is 5.69 Å². The van der Waals surface area contributed by atoms with Crippen LogP contribution in [0.25, 0.3) is 0 Å². The number of aliphatic hydroxyl groups excluding tert-OH is 5. The zero-order chi connectivity index (χ0) is 62.6. The third kappa shape index (κ3) is 92.6. The highest BCUT2D eigenvalue weighted by Gasteiger charge is 2.17. The second kappa shape index (κ2) is 77.1. The number of hydrogen-bond acceptors (Lipinski definition) is 24. The molecule has 4 aliphatic heterocycles. The van der Waals surface area contributed by atoms with Gasteiger partial charge in [-0.25, -0.2) is 5.48 Å². The molecule has 5 heterocycles. The molecule has 25 nitrogen and oxygen atoms in total. The molecule has 0 bridgehead atoms. The van der Waals surface area contributed by atoms with Gasteiger partial charge in [0.15, 0.2) is 0 Å². The Kier molecular flexibility index (Phi) is 88.6. The first-order chi connectivity index (χ1) is 38.2. The van der Waals surface area contributed by atoms with Gasteiger partial charge in [0.1, 0.15) is 0 Å². The summed E-state index contributed by atoms with van der Waals surface area (Å²) in [6.45, 7) is 19.3. The standard InChI is InChI=1S/2C6H13NO.C5H11NO.C5H11N.C5H13N.C4H7N3.2C4H11NO2.C4H11NO.C4H9N.C3H9NO.C3H9N.C2H7NO/c1-7-6-2-4-8-5-3-6;1-7-4-2-6(8)3-5-7;1-6-2-4-7-5-3-6;1-6-4-2-3-5-6;1-4-6(3)5-2;1-5-4-2-6-7-3-4;1-5-4(2-6)3-7;1-5-2-4(7)3-6;1-5-3-4-6-2;1-5-4-2-3-4;1-4(2)5-3;1-4(2)3;1-3-4-2/h6-7H,2-5H2,1H3;6,8H,2-5H2,1H3;2-5H2,1H3;2-5H2,1H3;4-5H2,1-3H3;2-3,5H,1H3,(H,6,7);2*4-7H,2-3H2,1H3;5H,3-4H2,1-2H3;4-5H,2-3H2,1H3;1-3H3;1-3H3;3H,1-2H3. The Morgan fingerprint density at radius 1 is 0.675 bits per heavy atom. The molecular formula is C55H135N15O10. The fraction of sp³-hybridized carbons (Fsp3) is 0.945. The monoisotopic (exact) mass is 1170 g/mol. The first kappa shape index (κ1) is 91.9. The number of nitrogens with zero attached hydrogens (tertiary/aromatic N) is 7. The predicted molar refractivity (Wildman–Crippen MR) is 336 cm³/mol. The SMILES string of the molecule is CCN(C)CC.CN(C)C.CN1CCC(O)CC1.CN1CCCC1.CN1CCOCC1.CNC(CO)CO.CNC1CC1.CNC1CCOCC1.CNCC(O)CO.CNCCOC.CNOC.CNc1cn[nH]c1.CON(C)C. The van der Waals surface area contributed by atoms with Gasteiger partial charge in [-0.05, 0) is 162 Å². The van der Waals surface area contributed by atoms with Gasteiger partial charge in [-0.3, -0.25) is 5.10 Å². The Labute approximate surface area is 491 Å². The number of aromatic amines is 1. The molecule has 13 N–H and O–H groups in total. The Morgan fingerprint density at radius 2 is 1.11 bits per heavy atom. The number of rotatable bonds is 16. The van der Waals surface area contributed by atoms with Crippen LogP contribution in [0, 0.1) is 0 Å². The van der Waals surface area contributed by atoms with Gasteiger partial charge >= 0.3 is 0 Å². The van der Waals surface area contributed by atoms with Gasteiger partial charge in [0.25, 0.3) is 0 Å². The molecule has 0 amide bonds. The van der Waals surface area contributed by atoms with Crippen molar-refractivity contribution in [1.29, 1.82) is 0 Å². The molecule has 1 aliphatic carbocycles. The van der Waals surface area contributed by atoms with Crippen LogP contribution in [-0.4, -0.2) is 348 Å². The van der Waals surface area contributed by atoms with Crippen molar-refractivity contribution in [2.75, 3.05) is 258 Å². The summed E-state index contributed by atoms with van der Waals surface area (Å²) in [4.78, 5) is 20.0. The van der Waals surface area contributed by atoms with Gasteiger partial charge in [0.05, 0.1) is 84.0 Å². The number of methoxy groups -OCH3 is 1. The number of piperidine rings is 1. The van der Waals surface area contributed by atoms with Crippen LogP contribution in [0.3, 0.4) is 0 Å². The maximum Gasteiger partial charge on any atom is 0.0894 e. The number of nitrogens with one attached hydrogen (secondary N) is 8. The number of morpholine rings is 1. The minimum atomic E-state index is -0.606. The summed E-state index contributed by atoms with van der Waals surface area (Å²) in [5, 5.41) is 68.0. The largest absolute Gasteiger partial charge is 0.395 e. The van der Waals surface area contributed by atoms with Crippen LogP contribution < -0.4 is 37.4 Å². The third-order valence-electron chi connectivity index (χ3n) is 11.4. The van der Waals surface area contributed by atoms with Gasteiger partial charge in [0, 0.05) is 106 Å². The first-order valence-electron chi connectivity index (χ1n) is 28.7. The predicted octanol–water partition coefficient (Wildman–Crippen LogP) is -0.0797. The van der Waals surface area contributed by atoms with Gasteiger partial charge in [0.2, 0.25) is 0 Å². The second-order valence-corrected chi connectivity index (χ2v) is 19.5. The Morgan fingerprint density at radius 3 is 1.27 bits per heavy atom. The topological polar surface area (TPSA) is 280 Å². The molecule has 4 saturated heterocycles. The van der Waals surface area contributed by atoms with Crippen LogP contribution in [0.5, 0.6) is 0 Å². The van der Waals surface area contributed by atoms with Crippen LogP contribution in [0.15, 0.2) is 12.4 Å². The van der Waals surface area contributed by atoms with Crippen LogP contribution in [0.4, 0.5) is 5.69 Å². The van der Waals surface area contributed by atoms with E-state index in [-0.39, 0.29) is 32.0 Å². The van der Waals surface area contributed by atoms with Crippen LogP contribution >= 0.6 is 0 Å². The number of hydrogen-bond donors (Lipinski definition) is 13. The van der Waals surface area contributed by atoms with Crippen molar-refractivity contribution in [3.63, 3.8) is 0 Å². The molecule has 25 heteroatoms. The third-order valence-corrected chi connectivity index (χ3v) is 11.4. The van der Waals surface area contributed by atoms with Crippen molar-refractivity contribution in [1.82, 2.24) is 71.8 Å². The lowest BCUT2D eigenvalue weighted by atomic mass is 10.1. The molecule has 80 heavy (non-hydrogen) atoms. The highest BCUT2D eigenvalue weighted by atomic mass is 16.7. The van der Waals surface area contributed by atoms with E-state index in [1.807, 2.05) is 68.3 Å². The van der Waals surface area contributed by atoms with E-state index in [9.17, 15) is 0 Å². The Balaban J connectivity index is -0.000000145. The average molecular weight is 1170 g/mol. The molecule has 1 unspecified atom stereocenters. The van der Waals surface area contributed by atoms with E-state index in [1.54, 1.807) is 59.9 Å².